The molecular weight excluding hydrogens is 345 g/mol. The van der Waals surface area contributed by atoms with Crippen molar-refractivity contribution >= 4 is 16.9 Å². The van der Waals surface area contributed by atoms with Gasteiger partial charge in [-0.2, -0.15) is 0 Å². The van der Waals surface area contributed by atoms with E-state index in [2.05, 4.69) is 21.9 Å². The van der Waals surface area contributed by atoms with Crippen LogP contribution in [-0.2, 0) is 0 Å². The van der Waals surface area contributed by atoms with Crippen molar-refractivity contribution in [2.24, 2.45) is 0 Å². The second-order valence-corrected chi connectivity index (χ2v) is 7.01. The van der Waals surface area contributed by atoms with Gasteiger partial charge in [0.05, 0.1) is 11.1 Å². The topological polar surface area (TPSA) is 67.0 Å². The molecule has 2 aromatic heterocycles. The standard InChI is InChI=1S/C21H22FN3O2/c1-14(2)11-21(3,13-27-18-7-5-4-6-17(18)22)25-20(26)16-10-15-8-9-23-19(15)24-12-16/h4-10,12H,1,11,13H2,2-3H3,(H,23,24)(H,25,26). The molecule has 5 nitrogen and oxygen atoms in total. The number of carbonyl (C=O) groups is 1. The minimum atomic E-state index is -0.752. The van der Waals surface area contributed by atoms with Crippen LogP contribution in [0.15, 0.2) is 60.9 Å². The minimum Gasteiger partial charge on any atom is -0.488 e. The van der Waals surface area contributed by atoms with Crippen molar-refractivity contribution < 1.29 is 13.9 Å². The molecule has 0 radical (unpaired) electrons. The van der Waals surface area contributed by atoms with Crippen LogP contribution < -0.4 is 10.1 Å². The van der Waals surface area contributed by atoms with E-state index in [9.17, 15) is 9.18 Å². The number of aromatic amines is 1. The molecule has 6 heteroatoms. The third-order valence-electron chi connectivity index (χ3n) is 4.15. The van der Waals surface area contributed by atoms with Gasteiger partial charge in [-0.15, -0.1) is 6.58 Å². The predicted molar refractivity (Wildman–Crippen MR) is 103 cm³/mol. The fourth-order valence-corrected chi connectivity index (χ4v) is 3.01. The van der Waals surface area contributed by atoms with E-state index in [4.69, 9.17) is 4.74 Å². The molecule has 0 spiro atoms. The molecule has 0 bridgehead atoms. The second-order valence-electron chi connectivity index (χ2n) is 7.01. The zero-order valence-corrected chi connectivity index (χ0v) is 15.4. The van der Waals surface area contributed by atoms with E-state index >= 15 is 0 Å². The van der Waals surface area contributed by atoms with Crippen LogP contribution in [0.2, 0.25) is 0 Å². The minimum absolute atomic E-state index is 0.104. The molecule has 140 valence electrons. The molecule has 1 unspecified atom stereocenters. The second kappa shape index (κ2) is 7.61. The van der Waals surface area contributed by atoms with E-state index < -0.39 is 11.4 Å². The maximum Gasteiger partial charge on any atom is 0.253 e. The van der Waals surface area contributed by atoms with Gasteiger partial charge in [0.1, 0.15) is 12.3 Å². The zero-order valence-electron chi connectivity index (χ0n) is 15.4. The first-order valence-electron chi connectivity index (χ1n) is 8.64. The number of rotatable bonds is 7. The third-order valence-corrected chi connectivity index (χ3v) is 4.15. The molecule has 0 saturated carbocycles. The van der Waals surface area contributed by atoms with Crippen molar-refractivity contribution in [1.82, 2.24) is 15.3 Å². The molecule has 0 aliphatic rings. The van der Waals surface area contributed by atoms with Crippen LogP contribution in [0.4, 0.5) is 4.39 Å². The highest BCUT2D eigenvalue weighted by molar-refractivity contribution is 5.97. The Hall–Kier alpha value is -3.15. The lowest BCUT2D eigenvalue weighted by atomic mass is 9.94. The summed E-state index contributed by atoms with van der Waals surface area (Å²) in [5.74, 6) is -0.565. The molecule has 3 aromatic rings. The quantitative estimate of drug-likeness (QED) is 0.614. The molecule has 0 fully saturated rings. The normalized spacial score (nSPS) is 13.1. The molecule has 1 amide bonds. The van der Waals surface area contributed by atoms with Crippen LogP contribution in [0.25, 0.3) is 11.0 Å². The number of hydrogen-bond acceptors (Lipinski definition) is 3. The molecule has 27 heavy (non-hydrogen) atoms. The van der Waals surface area contributed by atoms with E-state index in [1.807, 2.05) is 19.9 Å². The SMILES string of the molecule is C=C(C)CC(C)(COc1ccccc1F)NC(=O)c1cnc2[nH]ccc2c1. The number of para-hydroxylation sites is 1. The van der Waals surface area contributed by atoms with Gasteiger partial charge in [0, 0.05) is 17.8 Å². The summed E-state index contributed by atoms with van der Waals surface area (Å²) in [6.45, 7) is 7.76. The first kappa shape index (κ1) is 18.6. The molecule has 1 atom stereocenters. The molecular formula is C21H22FN3O2. The van der Waals surface area contributed by atoms with E-state index in [1.165, 1.54) is 12.3 Å². The summed E-state index contributed by atoms with van der Waals surface area (Å²) in [6, 6.07) is 9.82. The highest BCUT2D eigenvalue weighted by atomic mass is 19.1. The summed E-state index contributed by atoms with van der Waals surface area (Å²) in [5, 5.41) is 3.84. The summed E-state index contributed by atoms with van der Waals surface area (Å²) in [6.07, 6.45) is 3.78. The number of halogens is 1. The van der Waals surface area contributed by atoms with E-state index in [1.54, 1.807) is 30.5 Å². The first-order valence-corrected chi connectivity index (χ1v) is 8.64. The molecule has 0 aliphatic carbocycles. The number of carbonyl (C=O) groups excluding carboxylic acids is 1. The lowest BCUT2D eigenvalue weighted by Crippen LogP contribution is -2.50. The van der Waals surface area contributed by atoms with E-state index in [0.717, 1.165) is 16.6 Å². The largest absolute Gasteiger partial charge is 0.488 e. The van der Waals surface area contributed by atoms with E-state index in [-0.39, 0.29) is 18.3 Å². The van der Waals surface area contributed by atoms with Crippen LogP contribution in [0.3, 0.4) is 0 Å². The number of hydrogen-bond donors (Lipinski definition) is 2. The number of nitrogens with zero attached hydrogens (tertiary/aromatic N) is 1. The van der Waals surface area contributed by atoms with Gasteiger partial charge in [-0.1, -0.05) is 17.7 Å². The highest BCUT2D eigenvalue weighted by Gasteiger charge is 2.29. The number of pyridine rings is 1. The van der Waals surface area contributed by atoms with Crippen LogP contribution in [-0.4, -0.2) is 28.0 Å². The third kappa shape index (κ3) is 4.53. The van der Waals surface area contributed by atoms with Crippen molar-refractivity contribution in [3.63, 3.8) is 0 Å². The highest BCUT2D eigenvalue weighted by Crippen LogP contribution is 2.22. The Balaban J connectivity index is 1.77. The molecule has 2 N–H and O–H groups in total. The average molecular weight is 367 g/mol. The summed E-state index contributed by atoms with van der Waals surface area (Å²) in [7, 11) is 0. The molecule has 0 aliphatic heterocycles. The lowest BCUT2D eigenvalue weighted by molar-refractivity contribution is 0.0864. The summed E-state index contributed by atoms with van der Waals surface area (Å²) in [5.41, 5.74) is 1.30. The number of H-pyrrole nitrogens is 1. The number of aromatic nitrogens is 2. The fraction of sp³-hybridized carbons (Fsp3) is 0.238. The molecule has 0 saturated heterocycles. The number of fused-ring (bicyclic) bond motifs is 1. The Bertz CT molecular complexity index is 982. The van der Waals surface area contributed by atoms with Gasteiger partial charge in [0.2, 0.25) is 0 Å². The van der Waals surface area contributed by atoms with Crippen LogP contribution in [0.5, 0.6) is 5.75 Å². The van der Waals surface area contributed by atoms with Gasteiger partial charge in [-0.3, -0.25) is 4.79 Å². The van der Waals surface area contributed by atoms with Gasteiger partial charge in [0.25, 0.3) is 5.91 Å². The zero-order chi connectivity index (χ0) is 19.4. The van der Waals surface area contributed by atoms with Crippen molar-refractivity contribution in [3.05, 3.63) is 72.3 Å². The van der Waals surface area contributed by atoms with Crippen molar-refractivity contribution in [3.8, 4) is 5.75 Å². The predicted octanol–water partition coefficient (Wildman–Crippen LogP) is 4.24. The number of amides is 1. The lowest BCUT2D eigenvalue weighted by Gasteiger charge is -2.31. The molecule has 3 rings (SSSR count). The van der Waals surface area contributed by atoms with E-state index in [0.29, 0.717) is 12.0 Å². The Morgan fingerprint density at radius 2 is 2.15 bits per heavy atom. The van der Waals surface area contributed by atoms with Gasteiger partial charge < -0.3 is 15.0 Å². The number of benzene rings is 1. The maximum absolute atomic E-state index is 13.8. The molecule has 1 aromatic carbocycles. The summed E-state index contributed by atoms with van der Waals surface area (Å²) in [4.78, 5) is 20.0. The van der Waals surface area contributed by atoms with Crippen molar-refractivity contribution in [2.45, 2.75) is 25.8 Å². The Morgan fingerprint density at radius 3 is 2.89 bits per heavy atom. The summed E-state index contributed by atoms with van der Waals surface area (Å²) >= 11 is 0. The fourth-order valence-electron chi connectivity index (χ4n) is 3.01. The van der Waals surface area contributed by atoms with Crippen molar-refractivity contribution in [1.29, 1.82) is 0 Å². The smallest absolute Gasteiger partial charge is 0.253 e. The molecule has 2 heterocycles. The number of nitrogens with one attached hydrogen (secondary N) is 2. The summed E-state index contributed by atoms with van der Waals surface area (Å²) < 4.78 is 19.5. The average Bonchev–Trinajstić information content (AvgIpc) is 3.08. The number of ether oxygens (including phenoxy) is 1. The van der Waals surface area contributed by atoms with Crippen molar-refractivity contribution in [2.75, 3.05) is 6.61 Å². The van der Waals surface area contributed by atoms with Gasteiger partial charge in [-0.25, -0.2) is 9.37 Å². The monoisotopic (exact) mass is 367 g/mol. The van der Waals surface area contributed by atoms with Crippen LogP contribution in [0, 0.1) is 5.82 Å². The van der Waals surface area contributed by atoms with Gasteiger partial charge in [-0.05, 0) is 44.5 Å². The Kier molecular flexibility index (Phi) is 5.26. The van der Waals surface area contributed by atoms with Crippen LogP contribution >= 0.6 is 0 Å². The van der Waals surface area contributed by atoms with Gasteiger partial charge in [0.15, 0.2) is 11.6 Å². The first-order chi connectivity index (χ1) is 12.9. The maximum atomic E-state index is 13.8. The Labute approximate surface area is 157 Å². The van der Waals surface area contributed by atoms with Crippen LogP contribution in [0.1, 0.15) is 30.6 Å². The Morgan fingerprint density at radius 1 is 1.37 bits per heavy atom. The van der Waals surface area contributed by atoms with Gasteiger partial charge >= 0.3 is 0 Å².